The average molecular weight is 468 g/mol. The van der Waals surface area contributed by atoms with Crippen LogP contribution in [0.1, 0.15) is 24.8 Å². The standard InChI is InChI=1S/C20H23ClFN5OS2/c21-16-5-9-18(10-6-16)29-26-20(24-12-1-2-14-30(23)28)27-13-11-19(25-27)15-3-7-17(22)8-4-15/h3-10H,1-2,11-14,23H2,(H,24,26). The van der Waals surface area contributed by atoms with Gasteiger partial charge in [0.05, 0.1) is 23.2 Å². The second-order valence-corrected chi connectivity index (χ2v) is 9.07. The molecule has 1 aliphatic heterocycles. The highest BCUT2D eigenvalue weighted by Gasteiger charge is 2.20. The highest BCUT2D eigenvalue weighted by Crippen LogP contribution is 2.20. The molecule has 0 saturated carbocycles. The van der Waals surface area contributed by atoms with E-state index in [0.29, 0.717) is 29.8 Å². The molecular formula is C20H23ClFN5OS2. The lowest BCUT2D eigenvalue weighted by Crippen LogP contribution is -2.33. The lowest BCUT2D eigenvalue weighted by Gasteiger charge is -2.17. The summed E-state index contributed by atoms with van der Waals surface area (Å²) < 4.78 is 27.5. The first-order valence-electron chi connectivity index (χ1n) is 9.48. The number of rotatable bonds is 8. The first-order chi connectivity index (χ1) is 14.5. The van der Waals surface area contributed by atoms with Crippen molar-refractivity contribution < 1.29 is 8.60 Å². The van der Waals surface area contributed by atoms with E-state index in [0.717, 1.165) is 35.4 Å². The number of hydrazone groups is 1. The van der Waals surface area contributed by atoms with Crippen LogP contribution in [-0.2, 0) is 11.0 Å². The molecule has 1 unspecified atom stereocenters. The van der Waals surface area contributed by atoms with Crippen molar-refractivity contribution in [3.63, 3.8) is 0 Å². The van der Waals surface area contributed by atoms with E-state index in [1.165, 1.54) is 24.1 Å². The quantitative estimate of drug-likeness (QED) is 0.266. The third kappa shape index (κ3) is 7.09. The van der Waals surface area contributed by atoms with Gasteiger partial charge in [-0.1, -0.05) is 23.7 Å². The number of nitrogens with zero attached hydrogens (tertiary/aromatic N) is 3. The van der Waals surface area contributed by atoms with Crippen molar-refractivity contribution in [1.29, 1.82) is 0 Å². The van der Waals surface area contributed by atoms with Gasteiger partial charge in [-0.25, -0.2) is 13.6 Å². The molecule has 1 atom stereocenters. The number of guanidine groups is 1. The monoisotopic (exact) mass is 467 g/mol. The summed E-state index contributed by atoms with van der Waals surface area (Å²) in [5.41, 5.74) is 1.79. The summed E-state index contributed by atoms with van der Waals surface area (Å²) in [6.45, 7) is 1.24. The summed E-state index contributed by atoms with van der Waals surface area (Å²) in [6, 6.07) is 13.8. The molecule has 2 aromatic carbocycles. The molecule has 10 heteroatoms. The van der Waals surface area contributed by atoms with Gasteiger partial charge in [0.25, 0.3) is 0 Å². The Hall–Kier alpha value is -1.94. The second kappa shape index (κ2) is 11.5. The lowest BCUT2D eigenvalue weighted by atomic mass is 10.1. The van der Waals surface area contributed by atoms with E-state index in [2.05, 4.69) is 14.8 Å². The number of nitrogens with two attached hydrogens (primary N) is 1. The van der Waals surface area contributed by atoms with E-state index in [4.69, 9.17) is 16.7 Å². The molecule has 0 aromatic heterocycles. The van der Waals surface area contributed by atoms with Crippen LogP contribution < -0.4 is 9.86 Å². The zero-order valence-electron chi connectivity index (χ0n) is 16.3. The summed E-state index contributed by atoms with van der Waals surface area (Å²) in [6.07, 6.45) is 2.26. The molecule has 0 radical (unpaired) electrons. The maximum Gasteiger partial charge on any atom is 0.225 e. The maximum absolute atomic E-state index is 13.2. The minimum absolute atomic E-state index is 0.268. The molecule has 1 heterocycles. The van der Waals surface area contributed by atoms with Gasteiger partial charge >= 0.3 is 0 Å². The maximum atomic E-state index is 13.2. The molecule has 30 heavy (non-hydrogen) atoms. The fourth-order valence-electron chi connectivity index (χ4n) is 2.77. The predicted octanol–water partition coefficient (Wildman–Crippen LogP) is 3.94. The Balaban J connectivity index is 1.68. The molecule has 6 nitrogen and oxygen atoms in total. The molecule has 3 N–H and O–H groups in total. The van der Waals surface area contributed by atoms with Crippen molar-refractivity contribution in [2.75, 3.05) is 18.8 Å². The lowest BCUT2D eigenvalue weighted by molar-refractivity contribution is 0.478. The van der Waals surface area contributed by atoms with Crippen LogP contribution in [0.2, 0.25) is 5.02 Å². The number of hydrogen-bond acceptors (Lipinski definition) is 4. The Morgan fingerprint density at radius 1 is 1.23 bits per heavy atom. The van der Waals surface area contributed by atoms with Crippen LogP contribution in [0.5, 0.6) is 0 Å². The van der Waals surface area contributed by atoms with Crippen LogP contribution in [0.25, 0.3) is 0 Å². The van der Waals surface area contributed by atoms with E-state index in [9.17, 15) is 8.60 Å². The van der Waals surface area contributed by atoms with Gasteiger partial charge < -0.3 is 0 Å². The van der Waals surface area contributed by atoms with Gasteiger partial charge in [-0.15, -0.1) is 0 Å². The number of hydrogen-bond donors (Lipinski definition) is 2. The first kappa shape index (κ1) is 22.7. The van der Waals surface area contributed by atoms with Gasteiger partial charge in [0.2, 0.25) is 5.96 Å². The van der Waals surface area contributed by atoms with E-state index in [1.54, 1.807) is 12.1 Å². The largest absolute Gasteiger partial charge is 0.295 e. The normalized spacial score (nSPS) is 15.2. The number of aliphatic imine (C=N–C) groups is 1. The molecule has 0 bridgehead atoms. The molecule has 2 aromatic rings. The Labute approximate surface area is 187 Å². The summed E-state index contributed by atoms with van der Waals surface area (Å²) >= 11 is 7.37. The first-order valence-corrected chi connectivity index (χ1v) is 12.1. The zero-order valence-corrected chi connectivity index (χ0v) is 18.7. The van der Waals surface area contributed by atoms with Crippen LogP contribution in [0.4, 0.5) is 4.39 Å². The van der Waals surface area contributed by atoms with Crippen molar-refractivity contribution in [2.45, 2.75) is 24.2 Å². The van der Waals surface area contributed by atoms with Crippen LogP contribution in [0.3, 0.4) is 0 Å². The Morgan fingerprint density at radius 2 is 1.97 bits per heavy atom. The number of nitrogens with one attached hydrogen (secondary N) is 1. The fourth-order valence-corrected chi connectivity index (χ4v) is 4.04. The van der Waals surface area contributed by atoms with Gasteiger partial charge in [0.15, 0.2) is 0 Å². The van der Waals surface area contributed by atoms with Crippen molar-refractivity contribution in [2.24, 2.45) is 15.2 Å². The molecule has 3 rings (SSSR count). The third-order valence-corrected chi connectivity index (χ3v) is 6.05. The zero-order chi connectivity index (χ0) is 21.3. The van der Waals surface area contributed by atoms with Gasteiger partial charge in [-0.05, 0) is 66.8 Å². The Bertz CT molecular complexity index is 922. The van der Waals surface area contributed by atoms with Gasteiger partial charge in [-0.3, -0.25) is 14.9 Å². The third-order valence-electron chi connectivity index (χ3n) is 4.31. The van der Waals surface area contributed by atoms with Crippen LogP contribution in [0.15, 0.2) is 63.5 Å². The van der Waals surface area contributed by atoms with Crippen LogP contribution in [0, 0.1) is 5.82 Å². The molecule has 1 aliphatic rings. The van der Waals surface area contributed by atoms with Gasteiger partial charge in [-0.2, -0.15) is 5.10 Å². The van der Waals surface area contributed by atoms with Crippen LogP contribution in [-0.4, -0.2) is 39.7 Å². The Morgan fingerprint density at radius 3 is 2.67 bits per heavy atom. The highest BCUT2D eigenvalue weighted by molar-refractivity contribution is 7.98. The van der Waals surface area contributed by atoms with Crippen molar-refractivity contribution in [3.8, 4) is 0 Å². The van der Waals surface area contributed by atoms with E-state index in [-0.39, 0.29) is 5.82 Å². The number of unbranched alkanes of at least 4 members (excludes halogenated alkanes) is 1. The van der Waals surface area contributed by atoms with Crippen molar-refractivity contribution >= 4 is 46.2 Å². The second-order valence-electron chi connectivity index (χ2n) is 6.58. The molecule has 0 aliphatic carbocycles. The van der Waals surface area contributed by atoms with E-state index >= 15 is 0 Å². The predicted molar refractivity (Wildman–Crippen MR) is 123 cm³/mol. The SMILES string of the molecule is NS(=O)CCCCN=C(NSc1ccc(Cl)cc1)N1CCC(c2ccc(F)cc2)=N1. The summed E-state index contributed by atoms with van der Waals surface area (Å²) in [4.78, 5) is 5.65. The number of benzene rings is 2. The summed E-state index contributed by atoms with van der Waals surface area (Å²) in [7, 11) is -1.28. The van der Waals surface area contributed by atoms with Crippen molar-refractivity contribution in [3.05, 3.63) is 64.9 Å². The molecule has 0 saturated heterocycles. The van der Waals surface area contributed by atoms with Crippen molar-refractivity contribution in [1.82, 2.24) is 9.73 Å². The minimum Gasteiger partial charge on any atom is -0.295 e. The summed E-state index contributed by atoms with van der Waals surface area (Å²) in [5, 5.41) is 12.5. The molecule has 0 spiro atoms. The number of halogens is 2. The van der Waals surface area contributed by atoms with E-state index in [1.807, 2.05) is 29.3 Å². The molecule has 160 valence electrons. The van der Waals surface area contributed by atoms with Gasteiger partial charge in [0, 0.05) is 28.6 Å². The molecule has 0 amide bonds. The van der Waals surface area contributed by atoms with Crippen LogP contribution >= 0.6 is 23.5 Å². The highest BCUT2D eigenvalue weighted by atomic mass is 35.5. The minimum atomic E-state index is -1.28. The fraction of sp³-hybridized carbons (Fsp3) is 0.300. The molecule has 0 fully saturated rings. The topological polar surface area (TPSA) is 83.1 Å². The smallest absolute Gasteiger partial charge is 0.225 e. The molecular weight excluding hydrogens is 445 g/mol. The summed E-state index contributed by atoms with van der Waals surface area (Å²) in [5.74, 6) is 0.839. The average Bonchev–Trinajstić information content (AvgIpc) is 3.21. The van der Waals surface area contributed by atoms with Gasteiger partial charge in [0.1, 0.15) is 5.82 Å². The van der Waals surface area contributed by atoms with E-state index < -0.39 is 11.0 Å². The Kier molecular flexibility index (Phi) is 8.68.